The smallest absolute Gasteiger partial charge is 0.243 e. The number of rotatable bonds is 21. The highest BCUT2D eigenvalue weighted by Crippen LogP contribution is 2.09. The Morgan fingerprint density at radius 3 is 1.74 bits per heavy atom. The molecule has 0 saturated heterocycles. The quantitative estimate of drug-likeness (QED) is 0.0352. The van der Waals surface area contributed by atoms with Gasteiger partial charge in [-0.25, -0.2) is 0 Å². The normalized spacial score (nSPS) is 13.3. The number of aliphatic imine (C=N–C) groups is 1. The highest BCUT2D eigenvalue weighted by Gasteiger charge is 2.30. The number of nitrogens with one attached hydrogen (secondary N) is 4. The van der Waals surface area contributed by atoms with Crippen molar-refractivity contribution in [3.8, 4) is 0 Å². The van der Waals surface area contributed by atoms with Gasteiger partial charge in [0.15, 0.2) is 5.96 Å². The summed E-state index contributed by atoms with van der Waals surface area (Å²) in [5, 5.41) is 10.8. The number of amides is 4. The zero-order valence-corrected chi connectivity index (χ0v) is 26.0. The Morgan fingerprint density at radius 1 is 0.674 bits per heavy atom. The minimum atomic E-state index is -1.06. The molecule has 250 valence electrons. The van der Waals surface area contributed by atoms with Crippen molar-refractivity contribution in [2.24, 2.45) is 27.9 Å². The second-order valence-electron chi connectivity index (χ2n) is 10.8. The number of nitrogens with two attached hydrogens (primary N) is 4. The van der Waals surface area contributed by atoms with Crippen LogP contribution in [0, 0.1) is 0 Å². The van der Waals surface area contributed by atoms with Crippen LogP contribution >= 0.6 is 0 Å². The molecule has 0 aliphatic carbocycles. The molecule has 4 atom stereocenters. The van der Waals surface area contributed by atoms with Gasteiger partial charge in [-0.15, -0.1) is 0 Å². The predicted molar refractivity (Wildman–Crippen MR) is 176 cm³/mol. The van der Waals surface area contributed by atoms with Gasteiger partial charge in [-0.1, -0.05) is 60.7 Å². The third-order valence-electron chi connectivity index (χ3n) is 7.07. The lowest BCUT2D eigenvalue weighted by Crippen LogP contribution is -2.58. The van der Waals surface area contributed by atoms with Crippen molar-refractivity contribution in [1.29, 1.82) is 0 Å². The molecule has 12 N–H and O–H groups in total. The van der Waals surface area contributed by atoms with E-state index in [0.29, 0.717) is 32.1 Å². The van der Waals surface area contributed by atoms with Crippen LogP contribution < -0.4 is 44.2 Å². The van der Waals surface area contributed by atoms with E-state index < -0.39 is 47.8 Å². The van der Waals surface area contributed by atoms with Gasteiger partial charge in [0.2, 0.25) is 23.6 Å². The van der Waals surface area contributed by atoms with Crippen molar-refractivity contribution < 1.29 is 24.0 Å². The molecule has 2 rings (SSSR count). The van der Waals surface area contributed by atoms with Crippen LogP contribution in [0.1, 0.15) is 43.2 Å². The van der Waals surface area contributed by atoms with Crippen LogP contribution in [-0.2, 0) is 36.8 Å². The van der Waals surface area contributed by atoms with Crippen molar-refractivity contribution in [2.45, 2.75) is 69.1 Å². The fraction of sp³-hybridized carbons (Fsp3) is 0.438. The summed E-state index contributed by atoms with van der Waals surface area (Å²) in [5.41, 5.74) is 23.5. The molecule has 0 aromatic heterocycles. The zero-order valence-electron chi connectivity index (χ0n) is 26.0. The maximum atomic E-state index is 13.7. The van der Waals surface area contributed by atoms with Gasteiger partial charge in [0.1, 0.15) is 24.4 Å². The van der Waals surface area contributed by atoms with Crippen molar-refractivity contribution in [3.63, 3.8) is 0 Å². The van der Waals surface area contributed by atoms with Crippen LogP contribution in [0.25, 0.3) is 0 Å². The van der Waals surface area contributed by atoms with Crippen LogP contribution in [0.3, 0.4) is 0 Å². The minimum Gasteiger partial charge on any atom is -0.370 e. The number of unbranched alkanes of at least 4 members (excludes halogenated alkanes) is 1. The zero-order chi connectivity index (χ0) is 33.7. The van der Waals surface area contributed by atoms with E-state index in [1.165, 1.54) is 0 Å². The summed E-state index contributed by atoms with van der Waals surface area (Å²) in [5.74, 6) is -2.41. The minimum absolute atomic E-state index is 0.0998. The van der Waals surface area contributed by atoms with Crippen LogP contribution in [0.5, 0.6) is 0 Å². The Morgan fingerprint density at radius 2 is 1.20 bits per heavy atom. The average Bonchev–Trinajstić information content (AvgIpc) is 3.05. The summed E-state index contributed by atoms with van der Waals surface area (Å²) in [6.45, 7) is 0.281. The van der Waals surface area contributed by atoms with Crippen LogP contribution in [-0.4, -0.2) is 79.7 Å². The molecule has 14 heteroatoms. The summed E-state index contributed by atoms with van der Waals surface area (Å²) >= 11 is 0. The summed E-state index contributed by atoms with van der Waals surface area (Å²) in [6.07, 6.45) is 2.96. The summed E-state index contributed by atoms with van der Waals surface area (Å²) in [6, 6.07) is 14.4. The van der Waals surface area contributed by atoms with E-state index in [2.05, 4.69) is 26.3 Å². The standard InChI is InChI=1S/C32H47N9O5/c33-16-8-7-14-26(40-29(44)25(39-28(43)20-34)15-9-17-37-32(35)36)30(45)41-27(19-23-12-5-2-6-13-23)31(46)38-24(21-42)18-22-10-3-1-4-11-22/h1-6,10-13,21,24-27H,7-9,14-20,33-34H2,(H,38,46)(H,39,43)(H,40,44)(H,41,45)(H4,35,36,37). The molecule has 4 unspecified atom stereocenters. The van der Waals surface area contributed by atoms with Gasteiger partial charge < -0.3 is 49.0 Å². The first kappa shape index (κ1) is 37.4. The molecule has 0 radical (unpaired) electrons. The number of carbonyl (C=O) groups is 5. The van der Waals surface area contributed by atoms with Gasteiger partial charge in [-0.05, 0) is 56.2 Å². The lowest BCUT2D eigenvalue weighted by atomic mass is 10.0. The number of guanidine groups is 1. The monoisotopic (exact) mass is 637 g/mol. The maximum Gasteiger partial charge on any atom is 0.243 e. The van der Waals surface area contributed by atoms with E-state index >= 15 is 0 Å². The molecular weight excluding hydrogens is 590 g/mol. The fourth-order valence-electron chi connectivity index (χ4n) is 4.68. The van der Waals surface area contributed by atoms with E-state index in [9.17, 15) is 24.0 Å². The Balaban J connectivity index is 2.25. The van der Waals surface area contributed by atoms with E-state index in [-0.39, 0.29) is 44.7 Å². The molecule has 4 amide bonds. The molecule has 0 fully saturated rings. The van der Waals surface area contributed by atoms with E-state index in [1.54, 1.807) is 0 Å². The van der Waals surface area contributed by atoms with Crippen LogP contribution in [0.2, 0.25) is 0 Å². The molecule has 2 aromatic rings. The number of hydrogen-bond donors (Lipinski definition) is 8. The Bertz CT molecular complexity index is 1270. The largest absolute Gasteiger partial charge is 0.370 e. The fourth-order valence-corrected chi connectivity index (χ4v) is 4.68. The van der Waals surface area contributed by atoms with E-state index in [1.807, 2.05) is 60.7 Å². The van der Waals surface area contributed by atoms with Crippen LogP contribution in [0.4, 0.5) is 0 Å². The summed E-state index contributed by atoms with van der Waals surface area (Å²) < 4.78 is 0. The number of benzene rings is 2. The highest BCUT2D eigenvalue weighted by molar-refractivity contribution is 5.95. The van der Waals surface area contributed by atoms with Gasteiger partial charge in [0, 0.05) is 13.0 Å². The Labute approximate surface area is 269 Å². The number of carbonyl (C=O) groups excluding carboxylic acids is 5. The van der Waals surface area contributed by atoms with Gasteiger partial charge in [0.25, 0.3) is 0 Å². The topological polar surface area (TPSA) is 250 Å². The first-order chi connectivity index (χ1) is 22.2. The molecule has 2 aromatic carbocycles. The molecule has 0 heterocycles. The van der Waals surface area contributed by atoms with Gasteiger partial charge >= 0.3 is 0 Å². The van der Waals surface area contributed by atoms with Crippen molar-refractivity contribution in [1.82, 2.24) is 21.3 Å². The molecule has 14 nitrogen and oxygen atoms in total. The Kier molecular flexibility index (Phi) is 17.1. The van der Waals surface area contributed by atoms with Crippen molar-refractivity contribution in [3.05, 3.63) is 71.8 Å². The summed E-state index contributed by atoms with van der Waals surface area (Å²) in [4.78, 5) is 68.5. The predicted octanol–water partition coefficient (Wildman–Crippen LogP) is -1.25. The second kappa shape index (κ2) is 21.0. The van der Waals surface area contributed by atoms with Gasteiger partial charge in [-0.3, -0.25) is 24.2 Å². The molecular formula is C32H47N9O5. The van der Waals surface area contributed by atoms with Crippen LogP contribution in [0.15, 0.2) is 65.7 Å². The lowest BCUT2D eigenvalue weighted by molar-refractivity contribution is -0.134. The van der Waals surface area contributed by atoms with Gasteiger partial charge in [-0.2, -0.15) is 0 Å². The SMILES string of the molecule is NCCCCC(NC(=O)C(CCCN=C(N)N)NC(=O)CN)C(=O)NC(Cc1ccccc1)C(=O)NC(C=O)Cc1ccccc1. The van der Waals surface area contributed by atoms with E-state index in [4.69, 9.17) is 22.9 Å². The number of nitrogens with zero attached hydrogens (tertiary/aromatic N) is 1. The van der Waals surface area contributed by atoms with Crippen molar-refractivity contribution >= 4 is 35.9 Å². The second-order valence-corrected chi connectivity index (χ2v) is 10.8. The maximum absolute atomic E-state index is 13.7. The number of aldehydes is 1. The molecule has 0 aliphatic heterocycles. The third kappa shape index (κ3) is 14.3. The lowest BCUT2D eigenvalue weighted by Gasteiger charge is -2.26. The summed E-state index contributed by atoms with van der Waals surface area (Å²) in [7, 11) is 0. The number of hydrogen-bond acceptors (Lipinski definition) is 8. The van der Waals surface area contributed by atoms with E-state index in [0.717, 1.165) is 11.1 Å². The molecule has 46 heavy (non-hydrogen) atoms. The molecule has 0 aliphatic rings. The Hall–Kier alpha value is -4.82. The van der Waals surface area contributed by atoms with Gasteiger partial charge in [0.05, 0.1) is 12.6 Å². The molecule has 0 spiro atoms. The first-order valence-corrected chi connectivity index (χ1v) is 15.4. The average molecular weight is 638 g/mol. The van der Waals surface area contributed by atoms with Crippen molar-refractivity contribution in [2.75, 3.05) is 19.6 Å². The third-order valence-corrected chi connectivity index (χ3v) is 7.07. The first-order valence-electron chi connectivity index (χ1n) is 15.4. The molecule has 0 saturated carbocycles. The highest BCUT2D eigenvalue weighted by atomic mass is 16.2. The molecule has 0 bridgehead atoms.